The number of benzene rings is 1. The predicted octanol–water partition coefficient (Wildman–Crippen LogP) is 1.68. The summed E-state index contributed by atoms with van der Waals surface area (Å²) in [5.74, 6) is -0.305. The zero-order valence-corrected chi connectivity index (χ0v) is 12.1. The fraction of sp³-hybridized carbons (Fsp3) is 0.533. The number of ether oxygens (including phenoxy) is 1. The van der Waals surface area contributed by atoms with Gasteiger partial charge in [0.2, 0.25) is 0 Å². The SMILES string of the molecule is CO[C@H](CNC(=O)N1CCC[C@H]1CO)c1ccc(F)cc1. The van der Waals surface area contributed by atoms with Crippen molar-refractivity contribution in [2.24, 2.45) is 0 Å². The molecule has 0 aromatic heterocycles. The average molecular weight is 296 g/mol. The molecule has 0 unspecified atom stereocenters. The summed E-state index contributed by atoms with van der Waals surface area (Å²) in [6.45, 7) is 0.944. The van der Waals surface area contributed by atoms with E-state index in [2.05, 4.69) is 5.32 Å². The number of hydrogen-bond donors (Lipinski definition) is 2. The molecule has 0 saturated carbocycles. The number of aliphatic hydroxyl groups is 1. The Hall–Kier alpha value is -1.66. The minimum atomic E-state index is -0.329. The molecule has 0 radical (unpaired) electrons. The Kier molecular flexibility index (Phi) is 5.52. The van der Waals surface area contributed by atoms with Gasteiger partial charge in [0, 0.05) is 20.2 Å². The molecular formula is C15H21FN2O3. The molecule has 1 aromatic rings. The normalized spacial score (nSPS) is 19.6. The number of amides is 2. The van der Waals surface area contributed by atoms with Crippen molar-refractivity contribution < 1.29 is 19.0 Å². The molecule has 2 amide bonds. The van der Waals surface area contributed by atoms with Crippen LogP contribution in [-0.2, 0) is 4.74 Å². The molecule has 21 heavy (non-hydrogen) atoms. The van der Waals surface area contributed by atoms with E-state index in [1.54, 1.807) is 24.1 Å². The molecule has 116 valence electrons. The molecule has 1 fully saturated rings. The van der Waals surface area contributed by atoms with E-state index in [1.807, 2.05) is 0 Å². The minimum Gasteiger partial charge on any atom is -0.394 e. The highest BCUT2D eigenvalue weighted by Crippen LogP contribution is 2.18. The van der Waals surface area contributed by atoms with Crippen molar-refractivity contribution in [3.05, 3.63) is 35.6 Å². The fourth-order valence-corrected chi connectivity index (χ4v) is 2.59. The molecule has 0 bridgehead atoms. The molecule has 0 aliphatic carbocycles. The van der Waals surface area contributed by atoms with Crippen molar-refractivity contribution in [3.63, 3.8) is 0 Å². The van der Waals surface area contributed by atoms with Crippen molar-refractivity contribution in [1.82, 2.24) is 10.2 Å². The van der Waals surface area contributed by atoms with E-state index < -0.39 is 0 Å². The van der Waals surface area contributed by atoms with Crippen LogP contribution in [0.15, 0.2) is 24.3 Å². The minimum absolute atomic E-state index is 0.0148. The highest BCUT2D eigenvalue weighted by molar-refractivity contribution is 5.74. The topological polar surface area (TPSA) is 61.8 Å². The molecule has 6 heteroatoms. The Morgan fingerprint density at radius 2 is 2.24 bits per heavy atom. The highest BCUT2D eigenvalue weighted by Gasteiger charge is 2.28. The molecule has 5 nitrogen and oxygen atoms in total. The van der Waals surface area contributed by atoms with Crippen LogP contribution in [0.3, 0.4) is 0 Å². The molecule has 2 rings (SSSR count). The Morgan fingerprint density at radius 3 is 2.86 bits per heavy atom. The summed E-state index contributed by atoms with van der Waals surface area (Å²) in [4.78, 5) is 13.8. The Morgan fingerprint density at radius 1 is 1.52 bits per heavy atom. The average Bonchev–Trinajstić information content (AvgIpc) is 2.98. The standard InChI is InChI=1S/C15H21FN2O3/c1-21-14(11-4-6-12(16)7-5-11)9-17-15(20)18-8-2-3-13(18)10-19/h4-7,13-14,19H,2-3,8-10H2,1H3,(H,17,20)/t13-,14+/m0/s1. The maximum atomic E-state index is 12.9. The number of halogens is 1. The number of nitrogens with zero attached hydrogens (tertiary/aromatic N) is 1. The van der Waals surface area contributed by atoms with E-state index in [9.17, 15) is 14.3 Å². The third-order valence-corrected chi connectivity index (χ3v) is 3.81. The van der Waals surface area contributed by atoms with Gasteiger partial charge >= 0.3 is 6.03 Å². The van der Waals surface area contributed by atoms with Crippen LogP contribution in [0.1, 0.15) is 24.5 Å². The van der Waals surface area contributed by atoms with Crippen LogP contribution in [0.4, 0.5) is 9.18 Å². The van der Waals surface area contributed by atoms with E-state index in [-0.39, 0.29) is 30.6 Å². The van der Waals surface area contributed by atoms with Gasteiger partial charge in [0.05, 0.1) is 18.8 Å². The van der Waals surface area contributed by atoms with Crippen LogP contribution in [0.5, 0.6) is 0 Å². The summed E-state index contributed by atoms with van der Waals surface area (Å²) in [6.07, 6.45) is 1.41. The van der Waals surface area contributed by atoms with Gasteiger partial charge in [-0.05, 0) is 30.5 Å². The highest BCUT2D eigenvalue weighted by atomic mass is 19.1. The summed E-state index contributed by atoms with van der Waals surface area (Å²) in [7, 11) is 1.55. The number of nitrogens with one attached hydrogen (secondary N) is 1. The first-order valence-electron chi connectivity index (χ1n) is 7.09. The predicted molar refractivity (Wildman–Crippen MR) is 76.4 cm³/mol. The number of aliphatic hydroxyl groups excluding tert-OH is 1. The molecule has 2 N–H and O–H groups in total. The van der Waals surface area contributed by atoms with E-state index >= 15 is 0 Å². The van der Waals surface area contributed by atoms with Crippen LogP contribution in [0, 0.1) is 5.82 Å². The van der Waals surface area contributed by atoms with E-state index in [0.29, 0.717) is 13.1 Å². The zero-order chi connectivity index (χ0) is 15.2. The first-order chi connectivity index (χ1) is 10.2. The second-order valence-corrected chi connectivity index (χ2v) is 5.13. The lowest BCUT2D eigenvalue weighted by Gasteiger charge is -2.25. The van der Waals surface area contributed by atoms with Gasteiger partial charge in [0.1, 0.15) is 5.82 Å². The van der Waals surface area contributed by atoms with Gasteiger partial charge in [-0.15, -0.1) is 0 Å². The van der Waals surface area contributed by atoms with Crippen molar-refractivity contribution in [1.29, 1.82) is 0 Å². The van der Waals surface area contributed by atoms with Crippen molar-refractivity contribution in [3.8, 4) is 0 Å². The Bertz CT molecular complexity index is 466. The maximum Gasteiger partial charge on any atom is 0.317 e. The van der Waals surface area contributed by atoms with Gasteiger partial charge in [-0.2, -0.15) is 0 Å². The molecule has 1 heterocycles. The number of carbonyl (C=O) groups excluding carboxylic acids is 1. The summed E-state index contributed by atoms with van der Waals surface area (Å²) >= 11 is 0. The third-order valence-electron chi connectivity index (χ3n) is 3.81. The summed E-state index contributed by atoms with van der Waals surface area (Å²) in [6, 6.07) is 5.72. The van der Waals surface area contributed by atoms with Gasteiger partial charge in [-0.1, -0.05) is 12.1 Å². The number of hydrogen-bond acceptors (Lipinski definition) is 3. The Balaban J connectivity index is 1.90. The summed E-state index contributed by atoms with van der Waals surface area (Å²) in [5, 5.41) is 12.0. The summed E-state index contributed by atoms with van der Waals surface area (Å²) in [5.41, 5.74) is 0.805. The number of methoxy groups -OCH3 is 1. The number of urea groups is 1. The monoisotopic (exact) mass is 296 g/mol. The van der Waals surface area contributed by atoms with Gasteiger partial charge in [-0.3, -0.25) is 0 Å². The molecule has 1 saturated heterocycles. The smallest absolute Gasteiger partial charge is 0.317 e. The van der Waals surface area contributed by atoms with E-state index in [0.717, 1.165) is 18.4 Å². The van der Waals surface area contributed by atoms with Crippen molar-refractivity contribution in [2.75, 3.05) is 26.8 Å². The molecule has 2 atom stereocenters. The fourth-order valence-electron chi connectivity index (χ4n) is 2.59. The van der Waals surface area contributed by atoms with E-state index in [1.165, 1.54) is 12.1 Å². The molecule has 1 aromatic carbocycles. The van der Waals surface area contributed by atoms with Gasteiger partial charge in [0.25, 0.3) is 0 Å². The largest absolute Gasteiger partial charge is 0.394 e. The first-order valence-corrected chi connectivity index (χ1v) is 7.09. The number of likely N-dealkylation sites (tertiary alicyclic amines) is 1. The molecule has 1 aliphatic heterocycles. The van der Waals surface area contributed by atoms with Crippen LogP contribution < -0.4 is 5.32 Å². The van der Waals surface area contributed by atoms with Gasteiger partial charge in [-0.25, -0.2) is 9.18 Å². The lowest BCUT2D eigenvalue weighted by molar-refractivity contribution is 0.0993. The van der Waals surface area contributed by atoms with Gasteiger partial charge in [0.15, 0.2) is 0 Å². The van der Waals surface area contributed by atoms with Crippen LogP contribution in [-0.4, -0.2) is 48.9 Å². The van der Waals surface area contributed by atoms with E-state index in [4.69, 9.17) is 4.74 Å². The van der Waals surface area contributed by atoms with Crippen molar-refractivity contribution >= 4 is 6.03 Å². The maximum absolute atomic E-state index is 12.9. The van der Waals surface area contributed by atoms with Crippen LogP contribution in [0.25, 0.3) is 0 Å². The second-order valence-electron chi connectivity index (χ2n) is 5.13. The summed E-state index contributed by atoms with van der Waals surface area (Å²) < 4.78 is 18.3. The molecular weight excluding hydrogens is 275 g/mol. The van der Waals surface area contributed by atoms with Gasteiger partial charge < -0.3 is 20.1 Å². The lowest BCUT2D eigenvalue weighted by atomic mass is 10.1. The molecule has 0 spiro atoms. The molecule has 1 aliphatic rings. The first kappa shape index (κ1) is 15.7. The Labute approximate surface area is 123 Å². The van der Waals surface area contributed by atoms with Crippen molar-refractivity contribution in [2.45, 2.75) is 25.0 Å². The lowest BCUT2D eigenvalue weighted by Crippen LogP contribution is -2.45. The second kappa shape index (κ2) is 7.38. The third kappa shape index (κ3) is 3.92. The van der Waals surface area contributed by atoms with Crippen LogP contribution in [0.2, 0.25) is 0 Å². The number of rotatable bonds is 5. The quantitative estimate of drug-likeness (QED) is 0.869. The number of carbonyl (C=O) groups is 1. The van der Waals surface area contributed by atoms with Crippen LogP contribution >= 0.6 is 0 Å². The zero-order valence-electron chi connectivity index (χ0n) is 12.1.